The van der Waals surface area contributed by atoms with E-state index in [1.54, 1.807) is 0 Å². The van der Waals surface area contributed by atoms with Crippen LogP contribution in [0.25, 0.3) is 0 Å². The maximum absolute atomic E-state index is 10.0. The Balaban J connectivity index is 3.03. The minimum Gasteiger partial charge on any atom is -0.396 e. The Hall–Kier alpha value is -0.410. The average molecular weight is 159 g/mol. The molecule has 0 aromatic carbocycles. The summed E-state index contributed by atoms with van der Waals surface area (Å²) in [7, 11) is 1.92. The molecule has 3 heteroatoms. The molecule has 0 aromatic heterocycles. The third-order valence-corrected chi connectivity index (χ3v) is 1.58. The van der Waals surface area contributed by atoms with Gasteiger partial charge in [0.25, 0.3) is 0 Å². The first kappa shape index (κ1) is 10.6. The summed E-state index contributed by atoms with van der Waals surface area (Å²) in [6.07, 6.45) is 3.88. The summed E-state index contributed by atoms with van der Waals surface area (Å²) in [5, 5.41) is 8.47. The topological polar surface area (TPSA) is 40.5 Å². The fourth-order valence-electron chi connectivity index (χ4n) is 0.889. The third-order valence-electron chi connectivity index (χ3n) is 1.58. The lowest BCUT2D eigenvalue weighted by Gasteiger charge is -2.11. The van der Waals surface area contributed by atoms with Crippen molar-refractivity contribution < 1.29 is 9.90 Å². The molecule has 0 rings (SSSR count). The van der Waals surface area contributed by atoms with Gasteiger partial charge in [-0.15, -0.1) is 0 Å². The van der Waals surface area contributed by atoms with Gasteiger partial charge in [0.15, 0.2) is 0 Å². The molecule has 3 nitrogen and oxygen atoms in total. The molecule has 0 saturated heterocycles. The highest BCUT2D eigenvalue weighted by Crippen LogP contribution is 1.95. The van der Waals surface area contributed by atoms with Crippen molar-refractivity contribution in [2.75, 3.05) is 26.7 Å². The number of aliphatic hydroxyl groups is 1. The minimum absolute atomic E-state index is 0.275. The monoisotopic (exact) mass is 159 g/mol. The van der Waals surface area contributed by atoms with E-state index in [0.717, 1.165) is 32.1 Å². The van der Waals surface area contributed by atoms with Crippen LogP contribution in [0.1, 0.15) is 19.3 Å². The van der Waals surface area contributed by atoms with E-state index in [9.17, 15) is 4.79 Å². The smallest absolute Gasteiger partial charge is 0.133 e. The molecule has 0 radical (unpaired) electrons. The summed E-state index contributed by atoms with van der Waals surface area (Å²) in [6, 6.07) is 0. The van der Waals surface area contributed by atoms with Crippen molar-refractivity contribution in [2.24, 2.45) is 0 Å². The maximum Gasteiger partial charge on any atom is 0.133 e. The molecule has 0 atom stereocenters. The van der Waals surface area contributed by atoms with Gasteiger partial charge in [-0.2, -0.15) is 0 Å². The molecule has 1 N–H and O–H groups in total. The predicted octanol–water partition coefficient (Wildman–Crippen LogP) is 0.280. The molecular formula is C8H17NO2. The van der Waals surface area contributed by atoms with Crippen LogP contribution in [0.4, 0.5) is 0 Å². The molecule has 0 bridgehead atoms. The van der Waals surface area contributed by atoms with Crippen molar-refractivity contribution in [3.63, 3.8) is 0 Å². The Labute approximate surface area is 68.0 Å². The van der Waals surface area contributed by atoms with Gasteiger partial charge < -0.3 is 9.90 Å². The molecule has 0 aliphatic carbocycles. The summed E-state index contributed by atoms with van der Waals surface area (Å²) in [5.74, 6) is 0. The summed E-state index contributed by atoms with van der Waals surface area (Å²) in [4.78, 5) is 12.0. The van der Waals surface area contributed by atoms with E-state index in [1.807, 2.05) is 11.9 Å². The number of hydrogen-bond acceptors (Lipinski definition) is 3. The normalized spacial score (nSPS) is 10.5. The number of hydrogen-bond donors (Lipinski definition) is 1. The molecule has 11 heavy (non-hydrogen) atoms. The Morgan fingerprint density at radius 3 is 2.64 bits per heavy atom. The third kappa shape index (κ3) is 7.49. The molecule has 0 heterocycles. The number of carbonyl (C=O) groups excluding carboxylic acids is 1. The van der Waals surface area contributed by atoms with E-state index in [0.29, 0.717) is 6.54 Å². The fourth-order valence-corrected chi connectivity index (χ4v) is 0.889. The highest BCUT2D eigenvalue weighted by Gasteiger charge is 1.95. The highest BCUT2D eigenvalue weighted by atomic mass is 16.2. The van der Waals surface area contributed by atoms with Gasteiger partial charge in [-0.25, -0.2) is 0 Å². The van der Waals surface area contributed by atoms with E-state index >= 15 is 0 Å². The molecule has 0 unspecified atom stereocenters. The van der Waals surface area contributed by atoms with Crippen molar-refractivity contribution in [3.8, 4) is 0 Å². The summed E-state index contributed by atoms with van der Waals surface area (Å²) in [6.45, 7) is 1.73. The first-order valence-corrected chi connectivity index (χ1v) is 4.04. The number of aliphatic hydroxyl groups excluding tert-OH is 1. The Morgan fingerprint density at radius 2 is 2.09 bits per heavy atom. The minimum atomic E-state index is 0.275. The molecule has 0 aliphatic heterocycles. The van der Waals surface area contributed by atoms with Crippen LogP contribution in [0.3, 0.4) is 0 Å². The first-order chi connectivity index (χ1) is 5.31. The number of unbranched alkanes of at least 4 members (excludes halogenated alkanes) is 2. The van der Waals surface area contributed by atoms with E-state index in [1.165, 1.54) is 0 Å². The number of likely N-dealkylation sites (N-methyl/N-ethyl adjacent to an activating group) is 1. The van der Waals surface area contributed by atoms with Gasteiger partial charge in [-0.3, -0.25) is 4.90 Å². The van der Waals surface area contributed by atoms with Crippen molar-refractivity contribution in [2.45, 2.75) is 19.3 Å². The van der Waals surface area contributed by atoms with Gasteiger partial charge in [0.05, 0.1) is 6.54 Å². The lowest BCUT2D eigenvalue weighted by Crippen LogP contribution is -2.21. The Bertz CT molecular complexity index is 96.1. The maximum atomic E-state index is 10.0. The second kappa shape index (κ2) is 7.69. The van der Waals surface area contributed by atoms with Crippen LogP contribution in [0.15, 0.2) is 0 Å². The Morgan fingerprint density at radius 1 is 1.36 bits per heavy atom. The second-order valence-electron chi connectivity index (χ2n) is 2.71. The first-order valence-electron chi connectivity index (χ1n) is 4.04. The van der Waals surface area contributed by atoms with Gasteiger partial charge in [0, 0.05) is 6.61 Å². The van der Waals surface area contributed by atoms with Crippen LogP contribution in [0.5, 0.6) is 0 Å². The molecular weight excluding hydrogens is 142 g/mol. The van der Waals surface area contributed by atoms with Gasteiger partial charge >= 0.3 is 0 Å². The van der Waals surface area contributed by atoms with Crippen LogP contribution in [0, 0.1) is 0 Å². The van der Waals surface area contributed by atoms with Gasteiger partial charge in [-0.1, -0.05) is 0 Å². The van der Waals surface area contributed by atoms with Crippen molar-refractivity contribution in [1.82, 2.24) is 4.90 Å². The molecule has 66 valence electrons. The zero-order chi connectivity index (χ0) is 8.53. The number of aldehydes is 1. The van der Waals surface area contributed by atoms with E-state index in [4.69, 9.17) is 5.11 Å². The van der Waals surface area contributed by atoms with Crippen molar-refractivity contribution >= 4 is 6.29 Å². The SMILES string of the molecule is CN(CC=O)CCCCCO. The van der Waals surface area contributed by atoms with Crippen LogP contribution >= 0.6 is 0 Å². The van der Waals surface area contributed by atoms with Gasteiger partial charge in [-0.05, 0) is 32.9 Å². The van der Waals surface area contributed by atoms with E-state index < -0.39 is 0 Å². The number of nitrogens with zero attached hydrogens (tertiary/aromatic N) is 1. The number of carbonyl (C=O) groups is 1. The molecule has 0 fully saturated rings. The molecule has 0 aliphatic rings. The second-order valence-corrected chi connectivity index (χ2v) is 2.71. The van der Waals surface area contributed by atoms with Crippen LogP contribution < -0.4 is 0 Å². The van der Waals surface area contributed by atoms with E-state index in [-0.39, 0.29) is 6.61 Å². The predicted molar refractivity (Wildman–Crippen MR) is 44.5 cm³/mol. The van der Waals surface area contributed by atoms with Gasteiger partial charge in [0.1, 0.15) is 6.29 Å². The summed E-state index contributed by atoms with van der Waals surface area (Å²) < 4.78 is 0. The summed E-state index contributed by atoms with van der Waals surface area (Å²) >= 11 is 0. The molecule has 0 aromatic rings. The van der Waals surface area contributed by atoms with Crippen molar-refractivity contribution in [3.05, 3.63) is 0 Å². The van der Waals surface area contributed by atoms with Gasteiger partial charge in [0.2, 0.25) is 0 Å². The van der Waals surface area contributed by atoms with Crippen LogP contribution in [-0.4, -0.2) is 43.0 Å². The molecule has 0 spiro atoms. The van der Waals surface area contributed by atoms with Crippen molar-refractivity contribution in [1.29, 1.82) is 0 Å². The molecule has 0 saturated carbocycles. The standard InChI is InChI=1S/C8H17NO2/c1-9(6-8-11)5-3-2-4-7-10/h8,10H,2-7H2,1H3. The van der Waals surface area contributed by atoms with Crippen LogP contribution in [-0.2, 0) is 4.79 Å². The Kier molecular flexibility index (Phi) is 7.41. The average Bonchev–Trinajstić information content (AvgIpc) is 1.99. The van der Waals surface area contributed by atoms with Crippen LogP contribution in [0.2, 0.25) is 0 Å². The largest absolute Gasteiger partial charge is 0.396 e. The zero-order valence-corrected chi connectivity index (χ0v) is 7.12. The zero-order valence-electron chi connectivity index (χ0n) is 7.12. The summed E-state index contributed by atoms with van der Waals surface area (Å²) in [5.41, 5.74) is 0. The quantitative estimate of drug-likeness (QED) is 0.428. The lowest BCUT2D eigenvalue weighted by molar-refractivity contribution is -0.108. The fraction of sp³-hybridized carbons (Fsp3) is 0.875. The molecule has 0 amide bonds. The number of rotatable bonds is 7. The lowest BCUT2D eigenvalue weighted by atomic mass is 10.2. The highest BCUT2D eigenvalue weighted by molar-refractivity contribution is 5.51. The van der Waals surface area contributed by atoms with E-state index in [2.05, 4.69) is 0 Å².